The number of carboxylic acids is 1. The fourth-order valence-electron chi connectivity index (χ4n) is 2.15. The summed E-state index contributed by atoms with van der Waals surface area (Å²) in [6, 6.07) is -0.0279. The molecule has 0 spiro atoms. The first kappa shape index (κ1) is 18.7. The van der Waals surface area contributed by atoms with E-state index in [4.69, 9.17) is 5.11 Å². The zero-order valence-corrected chi connectivity index (χ0v) is 13.3. The molecule has 20 heavy (non-hydrogen) atoms. The van der Waals surface area contributed by atoms with Crippen molar-refractivity contribution < 1.29 is 14.7 Å². The second-order valence-corrected chi connectivity index (χ2v) is 5.36. The van der Waals surface area contributed by atoms with Crippen LogP contribution in [-0.4, -0.2) is 41.1 Å². The smallest absolute Gasteiger partial charge is 0.317 e. The number of hydrogen-bond donors (Lipinski definition) is 2. The van der Waals surface area contributed by atoms with E-state index in [-0.39, 0.29) is 18.5 Å². The van der Waals surface area contributed by atoms with Crippen molar-refractivity contribution in [3.63, 3.8) is 0 Å². The van der Waals surface area contributed by atoms with Crippen molar-refractivity contribution in [2.75, 3.05) is 13.1 Å². The zero-order valence-electron chi connectivity index (χ0n) is 13.3. The molecule has 2 N–H and O–H groups in total. The third-order valence-electron chi connectivity index (χ3n) is 3.70. The molecule has 0 fully saturated rings. The van der Waals surface area contributed by atoms with E-state index in [0.29, 0.717) is 25.3 Å². The molecule has 5 heteroatoms. The normalized spacial score (nSPS) is 12.2. The number of nitrogens with one attached hydrogen (secondary N) is 1. The summed E-state index contributed by atoms with van der Waals surface area (Å²) in [5.74, 6) is -0.240. The van der Waals surface area contributed by atoms with Crippen LogP contribution in [0, 0.1) is 5.92 Å². The van der Waals surface area contributed by atoms with Crippen LogP contribution in [0.3, 0.4) is 0 Å². The van der Waals surface area contributed by atoms with Crippen molar-refractivity contribution in [1.29, 1.82) is 0 Å². The van der Waals surface area contributed by atoms with Gasteiger partial charge in [-0.2, -0.15) is 0 Å². The lowest BCUT2D eigenvalue weighted by molar-refractivity contribution is -0.137. The Hall–Kier alpha value is -1.26. The molecule has 0 saturated carbocycles. The number of carbonyl (C=O) groups excluding carboxylic acids is 1. The molecule has 0 radical (unpaired) electrons. The number of nitrogens with zero attached hydrogens (tertiary/aromatic N) is 1. The van der Waals surface area contributed by atoms with Gasteiger partial charge in [0.2, 0.25) is 0 Å². The maximum absolute atomic E-state index is 12.1. The summed E-state index contributed by atoms with van der Waals surface area (Å²) >= 11 is 0. The van der Waals surface area contributed by atoms with Gasteiger partial charge in [-0.25, -0.2) is 4.79 Å². The monoisotopic (exact) mass is 286 g/mol. The van der Waals surface area contributed by atoms with Gasteiger partial charge in [0.15, 0.2) is 0 Å². The van der Waals surface area contributed by atoms with Crippen LogP contribution in [-0.2, 0) is 4.79 Å². The van der Waals surface area contributed by atoms with Crippen LogP contribution in [0.5, 0.6) is 0 Å². The minimum atomic E-state index is -0.785. The number of carboxylic acid groups (broad SMARTS) is 1. The minimum absolute atomic E-state index is 0.0117. The van der Waals surface area contributed by atoms with E-state index in [0.717, 1.165) is 19.4 Å². The van der Waals surface area contributed by atoms with Gasteiger partial charge >= 0.3 is 12.0 Å². The predicted octanol–water partition coefficient (Wildman–Crippen LogP) is 3.10. The van der Waals surface area contributed by atoms with E-state index < -0.39 is 5.97 Å². The highest BCUT2D eigenvalue weighted by Crippen LogP contribution is 2.10. The van der Waals surface area contributed by atoms with Crippen LogP contribution in [0.2, 0.25) is 0 Å². The number of aliphatic carboxylic acids is 1. The highest BCUT2D eigenvalue weighted by Gasteiger charge is 2.17. The lowest BCUT2D eigenvalue weighted by atomic mass is 10.0. The predicted molar refractivity (Wildman–Crippen MR) is 80.8 cm³/mol. The van der Waals surface area contributed by atoms with Crippen molar-refractivity contribution in [2.45, 2.75) is 65.8 Å². The summed E-state index contributed by atoms with van der Waals surface area (Å²) in [6.07, 6.45) is 3.60. The van der Waals surface area contributed by atoms with Gasteiger partial charge in [0, 0.05) is 25.6 Å². The Labute approximate surface area is 122 Å². The average Bonchev–Trinajstić information content (AvgIpc) is 2.39. The van der Waals surface area contributed by atoms with Crippen LogP contribution < -0.4 is 5.32 Å². The fourth-order valence-corrected chi connectivity index (χ4v) is 2.15. The van der Waals surface area contributed by atoms with Crippen LogP contribution in [0.4, 0.5) is 4.79 Å². The topological polar surface area (TPSA) is 69.6 Å². The van der Waals surface area contributed by atoms with E-state index in [2.05, 4.69) is 19.2 Å². The maximum atomic E-state index is 12.1. The Bertz CT molecular complexity index is 291. The van der Waals surface area contributed by atoms with E-state index in [1.165, 1.54) is 0 Å². The highest BCUT2D eigenvalue weighted by molar-refractivity contribution is 5.74. The van der Waals surface area contributed by atoms with E-state index in [1.807, 2.05) is 18.7 Å². The molecule has 0 rings (SSSR count). The first-order valence-electron chi connectivity index (χ1n) is 7.71. The third-order valence-corrected chi connectivity index (χ3v) is 3.70. The molecule has 0 aliphatic carbocycles. The van der Waals surface area contributed by atoms with Gasteiger partial charge < -0.3 is 15.3 Å². The quantitative estimate of drug-likeness (QED) is 0.648. The van der Waals surface area contributed by atoms with Gasteiger partial charge in [-0.15, -0.1) is 0 Å². The van der Waals surface area contributed by atoms with E-state index >= 15 is 0 Å². The third kappa shape index (κ3) is 8.02. The summed E-state index contributed by atoms with van der Waals surface area (Å²) in [5, 5.41) is 11.5. The minimum Gasteiger partial charge on any atom is -0.481 e. The van der Waals surface area contributed by atoms with Gasteiger partial charge in [0.05, 0.1) is 0 Å². The van der Waals surface area contributed by atoms with Crippen LogP contribution in [0.15, 0.2) is 0 Å². The number of hydrogen-bond acceptors (Lipinski definition) is 2. The molecule has 0 bridgehead atoms. The zero-order chi connectivity index (χ0) is 15.5. The Morgan fingerprint density at radius 3 is 2.25 bits per heavy atom. The van der Waals surface area contributed by atoms with Crippen molar-refractivity contribution in [2.24, 2.45) is 5.92 Å². The SMILES string of the molecule is CCC(CC)CN(CC)C(=O)NC(C)CCCC(=O)O. The Kier molecular flexibility index (Phi) is 9.86. The Morgan fingerprint density at radius 2 is 1.80 bits per heavy atom. The summed E-state index contributed by atoms with van der Waals surface area (Å²) < 4.78 is 0. The average molecular weight is 286 g/mol. The van der Waals surface area contributed by atoms with Crippen LogP contribution in [0.25, 0.3) is 0 Å². The second-order valence-electron chi connectivity index (χ2n) is 5.36. The van der Waals surface area contributed by atoms with Gasteiger partial charge in [-0.05, 0) is 32.6 Å². The first-order valence-corrected chi connectivity index (χ1v) is 7.71. The van der Waals surface area contributed by atoms with E-state index in [1.54, 1.807) is 0 Å². The molecule has 0 aromatic carbocycles. The van der Waals surface area contributed by atoms with Gasteiger partial charge in [0.25, 0.3) is 0 Å². The molecule has 118 valence electrons. The van der Waals surface area contributed by atoms with E-state index in [9.17, 15) is 9.59 Å². The number of rotatable bonds is 10. The number of amides is 2. The maximum Gasteiger partial charge on any atom is 0.317 e. The molecular formula is C15H30N2O3. The molecule has 1 atom stereocenters. The summed E-state index contributed by atoms with van der Waals surface area (Å²) in [4.78, 5) is 24.4. The van der Waals surface area contributed by atoms with Crippen LogP contribution >= 0.6 is 0 Å². The van der Waals surface area contributed by atoms with Gasteiger partial charge in [-0.3, -0.25) is 4.79 Å². The summed E-state index contributed by atoms with van der Waals surface area (Å²) in [6.45, 7) is 9.69. The molecule has 0 aliphatic rings. The Balaban J connectivity index is 4.16. The molecule has 1 unspecified atom stereocenters. The van der Waals surface area contributed by atoms with Crippen molar-refractivity contribution in [3.8, 4) is 0 Å². The number of carbonyl (C=O) groups is 2. The van der Waals surface area contributed by atoms with Gasteiger partial charge in [0.1, 0.15) is 0 Å². The lowest BCUT2D eigenvalue weighted by Gasteiger charge is -2.27. The molecule has 0 aromatic heterocycles. The standard InChI is InChI=1S/C15H30N2O3/c1-5-13(6-2)11-17(7-3)15(20)16-12(4)9-8-10-14(18)19/h12-13H,5-11H2,1-4H3,(H,16,20)(H,18,19). The van der Waals surface area contributed by atoms with Crippen LogP contribution in [0.1, 0.15) is 59.8 Å². The molecular weight excluding hydrogens is 256 g/mol. The highest BCUT2D eigenvalue weighted by atomic mass is 16.4. The molecule has 2 amide bonds. The van der Waals surface area contributed by atoms with Gasteiger partial charge in [-0.1, -0.05) is 26.7 Å². The van der Waals surface area contributed by atoms with Crippen molar-refractivity contribution in [1.82, 2.24) is 10.2 Å². The molecule has 0 aromatic rings. The second kappa shape index (κ2) is 10.5. The van der Waals surface area contributed by atoms with Crippen molar-refractivity contribution >= 4 is 12.0 Å². The fraction of sp³-hybridized carbons (Fsp3) is 0.867. The van der Waals surface area contributed by atoms with Crippen molar-refractivity contribution in [3.05, 3.63) is 0 Å². The first-order chi connectivity index (χ1) is 9.44. The lowest BCUT2D eigenvalue weighted by Crippen LogP contribution is -2.45. The number of urea groups is 1. The largest absolute Gasteiger partial charge is 0.481 e. The Morgan fingerprint density at radius 1 is 1.20 bits per heavy atom. The summed E-state index contributed by atoms with van der Waals surface area (Å²) in [5.41, 5.74) is 0. The molecule has 5 nitrogen and oxygen atoms in total. The molecule has 0 saturated heterocycles. The molecule has 0 heterocycles. The molecule has 0 aliphatic heterocycles. The summed E-state index contributed by atoms with van der Waals surface area (Å²) in [7, 11) is 0.